The van der Waals surface area contributed by atoms with Crippen LogP contribution in [-0.2, 0) is 0 Å². The number of hydrogen-bond donors (Lipinski definition) is 2. The molecular weight excluding hydrogens is 366 g/mol. The van der Waals surface area contributed by atoms with Gasteiger partial charge in [-0.05, 0) is 46.3 Å². The first-order valence-electron chi connectivity index (χ1n) is 6.69. The molecule has 0 radical (unpaired) electrons. The highest BCUT2D eigenvalue weighted by Gasteiger charge is 2.10. The molecule has 0 saturated carbocycles. The van der Waals surface area contributed by atoms with Crippen LogP contribution >= 0.6 is 15.9 Å². The molecule has 0 bridgehead atoms. The molecule has 2 N–H and O–H groups in total. The fourth-order valence-corrected chi connectivity index (χ4v) is 2.30. The minimum Gasteiger partial charge on any atom is -0.339 e. The maximum atomic E-state index is 13.7. The molecule has 0 aliphatic rings. The smallest absolute Gasteiger partial charge is 0.229 e. The third-order valence-electron chi connectivity index (χ3n) is 2.99. The van der Waals surface area contributed by atoms with Gasteiger partial charge in [-0.15, -0.1) is 0 Å². The summed E-state index contributed by atoms with van der Waals surface area (Å²) < 4.78 is 28.2. The van der Waals surface area contributed by atoms with Gasteiger partial charge in [0.2, 0.25) is 5.95 Å². The van der Waals surface area contributed by atoms with E-state index in [0.29, 0.717) is 5.82 Å². The topological polar surface area (TPSA) is 49.8 Å². The number of para-hydroxylation sites is 2. The van der Waals surface area contributed by atoms with Gasteiger partial charge in [0.15, 0.2) is 0 Å². The highest BCUT2D eigenvalue weighted by atomic mass is 79.9. The third-order valence-corrected chi connectivity index (χ3v) is 3.68. The molecule has 3 rings (SSSR count). The minimum atomic E-state index is -0.710. The van der Waals surface area contributed by atoms with E-state index in [2.05, 4.69) is 36.5 Å². The van der Waals surface area contributed by atoms with Crippen LogP contribution < -0.4 is 10.6 Å². The second-order valence-corrected chi connectivity index (χ2v) is 5.45. The van der Waals surface area contributed by atoms with Crippen molar-refractivity contribution in [3.8, 4) is 0 Å². The van der Waals surface area contributed by atoms with Crippen LogP contribution in [0.1, 0.15) is 0 Å². The van der Waals surface area contributed by atoms with Crippen molar-refractivity contribution < 1.29 is 8.78 Å². The average Bonchev–Trinajstić information content (AvgIpc) is 2.54. The molecule has 0 aliphatic carbocycles. The van der Waals surface area contributed by atoms with Crippen molar-refractivity contribution in [3.05, 3.63) is 70.8 Å². The monoisotopic (exact) mass is 376 g/mol. The molecule has 2 aromatic carbocycles. The predicted molar refractivity (Wildman–Crippen MR) is 89.1 cm³/mol. The van der Waals surface area contributed by atoms with E-state index in [0.717, 1.165) is 22.3 Å². The Morgan fingerprint density at radius 2 is 1.61 bits per heavy atom. The summed E-state index contributed by atoms with van der Waals surface area (Å²) in [6.45, 7) is 0. The predicted octanol–water partition coefficient (Wildman–Crippen LogP) is 5.00. The van der Waals surface area contributed by atoms with E-state index in [1.165, 1.54) is 12.3 Å². The Kier molecular flexibility index (Phi) is 4.47. The van der Waals surface area contributed by atoms with Crippen molar-refractivity contribution in [1.82, 2.24) is 9.97 Å². The minimum absolute atomic E-state index is 0.0889. The summed E-state index contributed by atoms with van der Waals surface area (Å²) >= 11 is 3.42. The maximum Gasteiger partial charge on any atom is 0.229 e. The normalized spacial score (nSPS) is 10.4. The van der Waals surface area contributed by atoms with Crippen molar-refractivity contribution >= 4 is 39.1 Å². The lowest BCUT2D eigenvalue weighted by molar-refractivity contribution is 0.590. The number of anilines is 4. The molecule has 0 saturated heterocycles. The molecule has 0 spiro atoms. The molecule has 0 amide bonds. The van der Waals surface area contributed by atoms with Gasteiger partial charge in [-0.1, -0.05) is 18.2 Å². The standard InChI is InChI=1S/C16H11BrF2N4/c17-10-4-1-2-7-13(10)21-14-8-9-20-16(22-14)23-15-11(18)5-3-6-12(15)19/h1-9H,(H2,20,21,22,23). The van der Waals surface area contributed by atoms with Gasteiger partial charge in [0.05, 0.1) is 5.69 Å². The lowest BCUT2D eigenvalue weighted by Gasteiger charge is -2.10. The number of halogens is 3. The Bertz CT molecular complexity index is 822. The van der Waals surface area contributed by atoms with Gasteiger partial charge in [-0.2, -0.15) is 4.98 Å². The molecule has 0 atom stereocenters. The molecule has 3 aromatic rings. The van der Waals surface area contributed by atoms with E-state index < -0.39 is 11.6 Å². The first kappa shape index (κ1) is 15.4. The van der Waals surface area contributed by atoms with Crippen LogP contribution in [0.2, 0.25) is 0 Å². The van der Waals surface area contributed by atoms with Gasteiger partial charge in [-0.25, -0.2) is 13.8 Å². The summed E-state index contributed by atoms with van der Waals surface area (Å²) in [5, 5.41) is 5.66. The Morgan fingerprint density at radius 1 is 0.870 bits per heavy atom. The Morgan fingerprint density at radius 3 is 2.35 bits per heavy atom. The highest BCUT2D eigenvalue weighted by molar-refractivity contribution is 9.10. The summed E-state index contributed by atoms with van der Waals surface area (Å²) in [6, 6.07) is 12.8. The molecule has 116 valence electrons. The van der Waals surface area contributed by atoms with Gasteiger partial charge in [0, 0.05) is 10.7 Å². The zero-order valence-electron chi connectivity index (χ0n) is 11.7. The lowest BCUT2D eigenvalue weighted by atomic mass is 10.3. The number of benzene rings is 2. The van der Waals surface area contributed by atoms with Gasteiger partial charge in [-0.3, -0.25) is 0 Å². The fourth-order valence-electron chi connectivity index (χ4n) is 1.92. The lowest BCUT2D eigenvalue weighted by Crippen LogP contribution is -2.03. The second kappa shape index (κ2) is 6.70. The van der Waals surface area contributed by atoms with Crippen molar-refractivity contribution in [2.45, 2.75) is 0 Å². The molecule has 4 nitrogen and oxygen atoms in total. The van der Waals surface area contributed by atoms with Crippen molar-refractivity contribution in [1.29, 1.82) is 0 Å². The van der Waals surface area contributed by atoms with Crippen molar-refractivity contribution in [2.24, 2.45) is 0 Å². The third kappa shape index (κ3) is 3.62. The zero-order chi connectivity index (χ0) is 16.2. The number of nitrogens with one attached hydrogen (secondary N) is 2. The van der Waals surface area contributed by atoms with Crippen LogP contribution in [-0.4, -0.2) is 9.97 Å². The largest absolute Gasteiger partial charge is 0.339 e. The van der Waals surface area contributed by atoms with E-state index in [-0.39, 0.29) is 11.6 Å². The van der Waals surface area contributed by atoms with Crippen LogP contribution in [0, 0.1) is 11.6 Å². The number of nitrogens with zero attached hydrogens (tertiary/aromatic N) is 2. The van der Waals surface area contributed by atoms with E-state index in [4.69, 9.17) is 0 Å². The van der Waals surface area contributed by atoms with Crippen LogP contribution in [0.15, 0.2) is 59.2 Å². The molecule has 0 unspecified atom stereocenters. The summed E-state index contributed by atoms with van der Waals surface area (Å²) in [5.74, 6) is -0.840. The van der Waals surface area contributed by atoms with E-state index >= 15 is 0 Å². The molecule has 0 fully saturated rings. The summed E-state index contributed by atoms with van der Waals surface area (Å²) in [7, 11) is 0. The molecule has 0 aliphatic heterocycles. The average molecular weight is 377 g/mol. The molecule has 1 aromatic heterocycles. The van der Waals surface area contributed by atoms with Crippen LogP contribution in [0.5, 0.6) is 0 Å². The summed E-state index contributed by atoms with van der Waals surface area (Å²) in [6.07, 6.45) is 1.49. The first-order valence-corrected chi connectivity index (χ1v) is 7.48. The highest BCUT2D eigenvalue weighted by Crippen LogP contribution is 2.25. The van der Waals surface area contributed by atoms with E-state index in [1.807, 2.05) is 24.3 Å². The van der Waals surface area contributed by atoms with Gasteiger partial charge < -0.3 is 10.6 Å². The quantitative estimate of drug-likeness (QED) is 0.672. The van der Waals surface area contributed by atoms with Gasteiger partial charge in [0.1, 0.15) is 23.1 Å². The molecular formula is C16H11BrF2N4. The molecule has 7 heteroatoms. The van der Waals surface area contributed by atoms with E-state index in [1.54, 1.807) is 6.07 Å². The number of hydrogen-bond acceptors (Lipinski definition) is 4. The first-order chi connectivity index (χ1) is 11.1. The van der Waals surface area contributed by atoms with Crippen LogP contribution in [0.3, 0.4) is 0 Å². The van der Waals surface area contributed by atoms with Gasteiger partial charge >= 0.3 is 0 Å². The SMILES string of the molecule is Fc1cccc(F)c1Nc1nccc(Nc2ccccc2Br)n1. The van der Waals surface area contributed by atoms with Crippen LogP contribution in [0.25, 0.3) is 0 Å². The summed E-state index contributed by atoms with van der Waals surface area (Å²) in [5.41, 5.74) is 0.528. The Labute approximate surface area is 139 Å². The Hall–Kier alpha value is -2.54. The van der Waals surface area contributed by atoms with Crippen molar-refractivity contribution in [2.75, 3.05) is 10.6 Å². The number of aromatic nitrogens is 2. The number of rotatable bonds is 4. The second-order valence-electron chi connectivity index (χ2n) is 4.59. The van der Waals surface area contributed by atoms with Crippen LogP contribution in [0.4, 0.5) is 31.9 Å². The Balaban J connectivity index is 1.84. The van der Waals surface area contributed by atoms with E-state index in [9.17, 15) is 8.78 Å². The zero-order valence-corrected chi connectivity index (χ0v) is 13.3. The molecule has 23 heavy (non-hydrogen) atoms. The maximum absolute atomic E-state index is 13.7. The summed E-state index contributed by atoms with van der Waals surface area (Å²) in [4.78, 5) is 8.17. The van der Waals surface area contributed by atoms with Crippen molar-refractivity contribution in [3.63, 3.8) is 0 Å². The molecule has 1 heterocycles. The van der Waals surface area contributed by atoms with Gasteiger partial charge in [0.25, 0.3) is 0 Å². The fraction of sp³-hybridized carbons (Fsp3) is 0.